The highest BCUT2D eigenvalue weighted by atomic mass is 16.5. The van der Waals surface area contributed by atoms with Gasteiger partial charge in [-0.25, -0.2) is 0 Å². The van der Waals surface area contributed by atoms with Crippen LogP contribution in [0, 0.1) is 12.8 Å². The van der Waals surface area contributed by atoms with E-state index < -0.39 is 0 Å². The predicted molar refractivity (Wildman–Crippen MR) is 157 cm³/mol. The molecule has 0 aliphatic carbocycles. The standard InChI is InChI=1S/C32H38N4O3/c1-23-11-13-35(14-12-23)22-25-5-3-6-26(19-25)32(38)34-30-20-27(10-9-24(30)2)31(37)33-28-7-4-8-29(21-28)36-15-17-39-18-16-36/h3-10,19-21,23H,11-18,22H2,1-2H3,(H,33,37)(H,34,38). The van der Waals surface area contributed by atoms with E-state index in [0.717, 1.165) is 61.1 Å². The highest BCUT2D eigenvalue weighted by Crippen LogP contribution is 2.23. The number of anilines is 3. The summed E-state index contributed by atoms with van der Waals surface area (Å²) in [4.78, 5) is 31.0. The summed E-state index contributed by atoms with van der Waals surface area (Å²) in [5, 5.41) is 6.03. The minimum atomic E-state index is -0.220. The Labute approximate surface area is 231 Å². The van der Waals surface area contributed by atoms with Crippen molar-refractivity contribution in [3.8, 4) is 0 Å². The number of likely N-dealkylation sites (tertiary alicyclic amines) is 1. The second-order valence-corrected chi connectivity index (χ2v) is 10.7. The van der Waals surface area contributed by atoms with Gasteiger partial charge in [0.1, 0.15) is 0 Å². The van der Waals surface area contributed by atoms with Gasteiger partial charge in [0, 0.05) is 47.8 Å². The third-order valence-electron chi connectivity index (χ3n) is 7.70. The molecule has 5 rings (SSSR count). The van der Waals surface area contributed by atoms with Crippen molar-refractivity contribution >= 4 is 28.9 Å². The van der Waals surface area contributed by atoms with Crippen LogP contribution in [0.3, 0.4) is 0 Å². The number of nitrogens with one attached hydrogen (secondary N) is 2. The van der Waals surface area contributed by atoms with Gasteiger partial charge in [-0.1, -0.05) is 31.2 Å². The first-order valence-corrected chi connectivity index (χ1v) is 13.9. The van der Waals surface area contributed by atoms with Crippen LogP contribution in [0.2, 0.25) is 0 Å². The molecule has 0 bridgehead atoms. The number of carbonyl (C=O) groups is 2. The molecule has 0 unspecified atom stereocenters. The molecule has 39 heavy (non-hydrogen) atoms. The maximum atomic E-state index is 13.2. The molecule has 2 amide bonds. The van der Waals surface area contributed by atoms with Crippen LogP contribution in [-0.4, -0.2) is 56.1 Å². The molecule has 204 valence electrons. The highest BCUT2D eigenvalue weighted by Gasteiger charge is 2.17. The molecule has 0 radical (unpaired) electrons. The van der Waals surface area contributed by atoms with Crippen LogP contribution in [0.1, 0.15) is 51.6 Å². The number of aryl methyl sites for hydroxylation is 1. The van der Waals surface area contributed by atoms with Crippen LogP contribution >= 0.6 is 0 Å². The lowest BCUT2D eigenvalue weighted by molar-refractivity contribution is 0.101. The molecule has 2 aliphatic heterocycles. The van der Waals surface area contributed by atoms with E-state index in [4.69, 9.17) is 4.74 Å². The average Bonchev–Trinajstić information content (AvgIpc) is 2.96. The lowest BCUT2D eigenvalue weighted by atomic mass is 9.98. The summed E-state index contributed by atoms with van der Waals surface area (Å²) in [5.74, 6) is 0.394. The molecule has 2 heterocycles. The Hall–Kier alpha value is -3.68. The van der Waals surface area contributed by atoms with Gasteiger partial charge in [-0.3, -0.25) is 14.5 Å². The van der Waals surface area contributed by atoms with E-state index in [9.17, 15) is 9.59 Å². The molecular formula is C32H38N4O3. The second kappa shape index (κ2) is 12.5. The van der Waals surface area contributed by atoms with Gasteiger partial charge >= 0.3 is 0 Å². The third-order valence-corrected chi connectivity index (χ3v) is 7.70. The highest BCUT2D eigenvalue weighted by molar-refractivity contribution is 6.08. The van der Waals surface area contributed by atoms with Crippen LogP contribution < -0.4 is 15.5 Å². The smallest absolute Gasteiger partial charge is 0.255 e. The maximum Gasteiger partial charge on any atom is 0.255 e. The molecule has 7 heteroatoms. The summed E-state index contributed by atoms with van der Waals surface area (Å²) in [5.41, 5.74) is 5.56. The molecule has 3 aromatic rings. The fourth-order valence-corrected chi connectivity index (χ4v) is 5.19. The fraction of sp³-hybridized carbons (Fsp3) is 0.375. The van der Waals surface area contributed by atoms with Crippen molar-refractivity contribution in [3.63, 3.8) is 0 Å². The van der Waals surface area contributed by atoms with Gasteiger partial charge in [-0.2, -0.15) is 0 Å². The number of ether oxygens (including phenoxy) is 1. The number of hydrogen-bond acceptors (Lipinski definition) is 5. The molecule has 0 aromatic heterocycles. The monoisotopic (exact) mass is 526 g/mol. The molecular weight excluding hydrogens is 488 g/mol. The molecule has 0 atom stereocenters. The van der Waals surface area contributed by atoms with Crippen LogP contribution in [0.15, 0.2) is 66.7 Å². The first-order chi connectivity index (χ1) is 18.9. The Balaban J connectivity index is 1.24. The molecule has 0 spiro atoms. The lowest BCUT2D eigenvalue weighted by Gasteiger charge is -2.30. The van der Waals surface area contributed by atoms with E-state index in [2.05, 4.69) is 33.4 Å². The molecule has 7 nitrogen and oxygen atoms in total. The van der Waals surface area contributed by atoms with Gasteiger partial charge < -0.3 is 20.3 Å². The number of nitrogens with zero attached hydrogens (tertiary/aromatic N) is 2. The topological polar surface area (TPSA) is 73.9 Å². The SMILES string of the molecule is Cc1ccc(C(=O)Nc2cccc(N3CCOCC3)c2)cc1NC(=O)c1cccc(CN2CCC(C)CC2)c1. The summed E-state index contributed by atoms with van der Waals surface area (Å²) in [6, 6.07) is 21.1. The number of amides is 2. The van der Waals surface area contributed by atoms with E-state index in [0.29, 0.717) is 30.0 Å². The van der Waals surface area contributed by atoms with Gasteiger partial charge in [0.25, 0.3) is 11.8 Å². The predicted octanol–water partition coefficient (Wildman–Crippen LogP) is 5.57. The summed E-state index contributed by atoms with van der Waals surface area (Å²) in [6.07, 6.45) is 2.45. The number of hydrogen-bond donors (Lipinski definition) is 2. The number of piperidine rings is 1. The maximum absolute atomic E-state index is 13.2. The number of carbonyl (C=O) groups excluding carboxylic acids is 2. The van der Waals surface area contributed by atoms with Gasteiger partial charge in [-0.15, -0.1) is 0 Å². The lowest BCUT2D eigenvalue weighted by Crippen LogP contribution is -2.36. The largest absolute Gasteiger partial charge is 0.378 e. The van der Waals surface area contributed by atoms with Crippen molar-refractivity contribution in [2.45, 2.75) is 33.2 Å². The Morgan fingerprint density at radius 3 is 2.36 bits per heavy atom. The molecule has 2 saturated heterocycles. The Morgan fingerprint density at radius 1 is 0.846 bits per heavy atom. The van der Waals surface area contributed by atoms with Crippen molar-refractivity contribution in [2.75, 3.05) is 54.9 Å². The summed E-state index contributed by atoms with van der Waals surface area (Å²) in [6.45, 7) is 10.4. The quantitative estimate of drug-likeness (QED) is 0.421. The van der Waals surface area contributed by atoms with Gasteiger partial charge in [0.05, 0.1) is 13.2 Å². The molecule has 3 aromatic carbocycles. The number of morpholine rings is 1. The zero-order valence-electron chi connectivity index (χ0n) is 22.9. The zero-order chi connectivity index (χ0) is 27.2. The van der Waals surface area contributed by atoms with Crippen LogP contribution in [0.25, 0.3) is 0 Å². The minimum Gasteiger partial charge on any atom is -0.378 e. The van der Waals surface area contributed by atoms with E-state index >= 15 is 0 Å². The van der Waals surface area contributed by atoms with Gasteiger partial charge in [-0.05, 0) is 92.4 Å². The fourth-order valence-electron chi connectivity index (χ4n) is 5.19. The first kappa shape index (κ1) is 26.9. The third kappa shape index (κ3) is 7.05. The van der Waals surface area contributed by atoms with E-state index in [1.165, 1.54) is 12.8 Å². The van der Waals surface area contributed by atoms with Crippen molar-refractivity contribution in [1.82, 2.24) is 4.90 Å². The average molecular weight is 527 g/mol. The van der Waals surface area contributed by atoms with Crippen molar-refractivity contribution in [1.29, 1.82) is 0 Å². The minimum absolute atomic E-state index is 0.178. The van der Waals surface area contributed by atoms with Crippen molar-refractivity contribution < 1.29 is 14.3 Å². The second-order valence-electron chi connectivity index (χ2n) is 10.7. The first-order valence-electron chi connectivity index (χ1n) is 13.9. The van der Waals surface area contributed by atoms with E-state index in [-0.39, 0.29) is 11.8 Å². The molecule has 2 aliphatic rings. The summed E-state index contributed by atoms with van der Waals surface area (Å²) < 4.78 is 5.45. The Kier molecular flexibility index (Phi) is 8.59. The molecule has 2 fully saturated rings. The van der Waals surface area contributed by atoms with E-state index in [1.807, 2.05) is 55.5 Å². The summed E-state index contributed by atoms with van der Waals surface area (Å²) in [7, 11) is 0. The zero-order valence-corrected chi connectivity index (χ0v) is 22.9. The van der Waals surface area contributed by atoms with Crippen LogP contribution in [0.4, 0.5) is 17.1 Å². The van der Waals surface area contributed by atoms with Gasteiger partial charge in [0.15, 0.2) is 0 Å². The Morgan fingerprint density at radius 2 is 1.56 bits per heavy atom. The molecule has 0 saturated carbocycles. The van der Waals surface area contributed by atoms with Crippen LogP contribution in [0.5, 0.6) is 0 Å². The number of rotatable bonds is 7. The van der Waals surface area contributed by atoms with Crippen molar-refractivity contribution in [3.05, 3.63) is 89.0 Å². The summed E-state index contributed by atoms with van der Waals surface area (Å²) >= 11 is 0. The Bertz CT molecular complexity index is 1310. The van der Waals surface area contributed by atoms with Crippen LogP contribution in [-0.2, 0) is 11.3 Å². The van der Waals surface area contributed by atoms with Gasteiger partial charge in [0.2, 0.25) is 0 Å². The normalized spacial score (nSPS) is 16.6. The number of benzene rings is 3. The molecule has 2 N–H and O–H groups in total. The van der Waals surface area contributed by atoms with Crippen molar-refractivity contribution in [2.24, 2.45) is 5.92 Å². The van der Waals surface area contributed by atoms with E-state index in [1.54, 1.807) is 12.1 Å².